The summed E-state index contributed by atoms with van der Waals surface area (Å²) >= 11 is 5.89. The Morgan fingerprint density at radius 3 is 2.46 bits per heavy atom. The fraction of sp³-hybridized carbons (Fsp3) is 0.211. The normalized spacial score (nSPS) is 12.6. The van der Waals surface area contributed by atoms with Crippen molar-refractivity contribution in [1.82, 2.24) is 10.2 Å². The summed E-state index contributed by atoms with van der Waals surface area (Å²) < 4.78 is 34.4. The molecule has 0 amide bonds. The zero-order chi connectivity index (χ0) is 20.5. The van der Waals surface area contributed by atoms with Crippen molar-refractivity contribution in [3.63, 3.8) is 0 Å². The molecule has 2 aromatic carbocycles. The zero-order valence-electron chi connectivity index (χ0n) is 15.3. The first-order chi connectivity index (χ1) is 13.1. The standard InChI is InChI=1S/C19H17ClN2O5S/c1-11-4-6-13(7-5-11)18-22-21-17(27-18)12(2)26-19(23)14-8-9-15(20)16(10-14)28(3,24)25/h4-10,12H,1-3H3. The van der Waals surface area contributed by atoms with Crippen LogP contribution in [-0.4, -0.2) is 30.8 Å². The number of rotatable bonds is 5. The monoisotopic (exact) mass is 420 g/mol. The predicted octanol–water partition coefficient (Wildman–Crippen LogP) is 4.02. The molecule has 0 radical (unpaired) electrons. The quantitative estimate of drug-likeness (QED) is 0.574. The lowest BCUT2D eigenvalue weighted by molar-refractivity contribution is 0.0279. The van der Waals surface area contributed by atoms with E-state index in [1.54, 1.807) is 6.92 Å². The SMILES string of the molecule is Cc1ccc(-c2nnc(C(C)OC(=O)c3ccc(Cl)c(S(C)(=O)=O)c3)o2)cc1. The molecular formula is C19H17ClN2O5S. The second kappa shape index (κ2) is 7.73. The van der Waals surface area contributed by atoms with Crippen LogP contribution in [0.5, 0.6) is 0 Å². The maximum Gasteiger partial charge on any atom is 0.338 e. The van der Waals surface area contributed by atoms with Crippen LogP contribution in [0.25, 0.3) is 11.5 Å². The molecule has 0 saturated carbocycles. The molecule has 146 valence electrons. The average molecular weight is 421 g/mol. The molecule has 1 atom stereocenters. The van der Waals surface area contributed by atoms with Crippen LogP contribution >= 0.6 is 11.6 Å². The van der Waals surface area contributed by atoms with Gasteiger partial charge in [-0.1, -0.05) is 29.3 Å². The molecule has 0 spiro atoms. The van der Waals surface area contributed by atoms with E-state index in [-0.39, 0.29) is 21.4 Å². The van der Waals surface area contributed by atoms with Crippen LogP contribution in [0.1, 0.15) is 34.8 Å². The lowest BCUT2D eigenvalue weighted by Gasteiger charge is -2.10. The number of aromatic nitrogens is 2. The number of carbonyl (C=O) groups is 1. The average Bonchev–Trinajstić information content (AvgIpc) is 3.12. The first kappa shape index (κ1) is 20.0. The van der Waals surface area contributed by atoms with Crippen LogP contribution in [0.3, 0.4) is 0 Å². The van der Waals surface area contributed by atoms with Crippen molar-refractivity contribution < 1.29 is 22.4 Å². The number of aryl methyl sites for hydroxylation is 1. The third-order valence-electron chi connectivity index (χ3n) is 3.94. The molecule has 1 heterocycles. The Kier molecular flexibility index (Phi) is 5.53. The number of carbonyl (C=O) groups excluding carboxylic acids is 1. The van der Waals surface area contributed by atoms with Gasteiger partial charge in [-0.25, -0.2) is 13.2 Å². The second-order valence-electron chi connectivity index (χ2n) is 6.28. The zero-order valence-corrected chi connectivity index (χ0v) is 16.9. The van der Waals surface area contributed by atoms with Crippen molar-refractivity contribution in [2.75, 3.05) is 6.26 Å². The van der Waals surface area contributed by atoms with Gasteiger partial charge in [0.25, 0.3) is 5.89 Å². The van der Waals surface area contributed by atoms with Crippen molar-refractivity contribution in [2.45, 2.75) is 24.8 Å². The summed E-state index contributed by atoms with van der Waals surface area (Å²) in [7, 11) is -3.58. The van der Waals surface area contributed by atoms with Gasteiger partial charge in [0.05, 0.1) is 15.5 Å². The molecule has 3 aromatic rings. The smallest absolute Gasteiger partial charge is 0.338 e. The fourth-order valence-electron chi connectivity index (χ4n) is 2.41. The first-order valence-corrected chi connectivity index (χ1v) is 10.5. The Morgan fingerprint density at radius 2 is 1.82 bits per heavy atom. The molecule has 0 aliphatic carbocycles. The van der Waals surface area contributed by atoms with E-state index in [0.717, 1.165) is 17.4 Å². The van der Waals surface area contributed by atoms with Gasteiger partial charge in [-0.15, -0.1) is 10.2 Å². The summed E-state index contributed by atoms with van der Waals surface area (Å²) in [4.78, 5) is 12.2. The van der Waals surface area contributed by atoms with Crippen molar-refractivity contribution in [3.8, 4) is 11.5 Å². The minimum atomic E-state index is -3.58. The number of ether oxygens (including phenoxy) is 1. The fourth-order valence-corrected chi connectivity index (χ4v) is 3.71. The topological polar surface area (TPSA) is 99.4 Å². The number of nitrogens with zero attached hydrogens (tertiary/aromatic N) is 2. The number of hydrogen-bond donors (Lipinski definition) is 0. The van der Waals surface area contributed by atoms with Gasteiger partial charge in [-0.2, -0.15) is 0 Å². The van der Waals surface area contributed by atoms with Gasteiger partial charge < -0.3 is 9.15 Å². The summed E-state index contributed by atoms with van der Waals surface area (Å²) in [6, 6.07) is 11.4. The van der Waals surface area contributed by atoms with Gasteiger partial charge in [0.1, 0.15) is 0 Å². The number of esters is 1. The Balaban J connectivity index is 1.77. The van der Waals surface area contributed by atoms with E-state index >= 15 is 0 Å². The minimum absolute atomic E-state index is 0.0340. The molecule has 28 heavy (non-hydrogen) atoms. The summed E-state index contributed by atoms with van der Waals surface area (Å²) in [5.74, 6) is -0.297. The van der Waals surface area contributed by atoms with Gasteiger partial charge in [0.15, 0.2) is 15.9 Å². The van der Waals surface area contributed by atoms with Crippen molar-refractivity contribution >= 4 is 27.4 Å². The first-order valence-electron chi connectivity index (χ1n) is 8.26. The molecule has 3 rings (SSSR count). The molecule has 7 nitrogen and oxygen atoms in total. The number of benzene rings is 2. The van der Waals surface area contributed by atoms with Crippen LogP contribution in [0.2, 0.25) is 5.02 Å². The highest BCUT2D eigenvalue weighted by Gasteiger charge is 2.22. The van der Waals surface area contributed by atoms with E-state index in [4.69, 9.17) is 20.8 Å². The van der Waals surface area contributed by atoms with Gasteiger partial charge in [0, 0.05) is 11.8 Å². The Hall–Kier alpha value is -2.71. The van der Waals surface area contributed by atoms with Gasteiger partial charge in [-0.3, -0.25) is 0 Å². The van der Waals surface area contributed by atoms with Crippen molar-refractivity contribution in [1.29, 1.82) is 0 Å². The maximum absolute atomic E-state index is 12.4. The lowest BCUT2D eigenvalue weighted by atomic mass is 10.1. The molecular weight excluding hydrogens is 404 g/mol. The molecule has 0 bridgehead atoms. The molecule has 0 aliphatic heterocycles. The highest BCUT2D eigenvalue weighted by Crippen LogP contribution is 2.26. The van der Waals surface area contributed by atoms with E-state index in [1.807, 2.05) is 31.2 Å². The molecule has 0 fully saturated rings. The van der Waals surface area contributed by atoms with E-state index < -0.39 is 21.9 Å². The molecule has 9 heteroatoms. The van der Waals surface area contributed by atoms with Crippen LogP contribution < -0.4 is 0 Å². The van der Waals surface area contributed by atoms with Crippen LogP contribution in [0.4, 0.5) is 0 Å². The Bertz CT molecular complexity index is 1120. The Labute approximate surface area is 167 Å². The molecule has 0 saturated heterocycles. The van der Waals surface area contributed by atoms with E-state index in [0.29, 0.717) is 5.89 Å². The minimum Gasteiger partial charge on any atom is -0.449 e. The van der Waals surface area contributed by atoms with E-state index in [2.05, 4.69) is 10.2 Å². The maximum atomic E-state index is 12.4. The molecule has 1 unspecified atom stereocenters. The molecule has 1 aromatic heterocycles. The number of sulfone groups is 1. The summed E-state index contributed by atoms with van der Waals surface area (Å²) in [5, 5.41) is 7.93. The van der Waals surface area contributed by atoms with E-state index in [1.165, 1.54) is 18.2 Å². The van der Waals surface area contributed by atoms with Gasteiger partial charge in [0.2, 0.25) is 5.89 Å². The highest BCUT2D eigenvalue weighted by atomic mass is 35.5. The van der Waals surface area contributed by atoms with Crippen LogP contribution in [0.15, 0.2) is 51.8 Å². The second-order valence-corrected chi connectivity index (χ2v) is 8.67. The van der Waals surface area contributed by atoms with Gasteiger partial charge in [-0.05, 0) is 44.2 Å². The summed E-state index contributed by atoms with van der Waals surface area (Å²) in [5.41, 5.74) is 1.90. The predicted molar refractivity (Wildman–Crippen MR) is 103 cm³/mol. The third kappa shape index (κ3) is 4.40. The van der Waals surface area contributed by atoms with Crippen LogP contribution in [0, 0.1) is 6.92 Å². The van der Waals surface area contributed by atoms with Crippen molar-refractivity contribution in [3.05, 3.63) is 64.5 Å². The van der Waals surface area contributed by atoms with Gasteiger partial charge >= 0.3 is 5.97 Å². The van der Waals surface area contributed by atoms with Crippen LogP contribution in [-0.2, 0) is 14.6 Å². The number of hydrogen-bond acceptors (Lipinski definition) is 7. The lowest BCUT2D eigenvalue weighted by Crippen LogP contribution is -2.10. The third-order valence-corrected chi connectivity index (χ3v) is 5.52. The largest absolute Gasteiger partial charge is 0.449 e. The molecule has 0 N–H and O–H groups in total. The molecule has 0 aliphatic rings. The van der Waals surface area contributed by atoms with Crippen molar-refractivity contribution in [2.24, 2.45) is 0 Å². The number of halogens is 1. The Morgan fingerprint density at radius 1 is 1.14 bits per heavy atom. The highest BCUT2D eigenvalue weighted by molar-refractivity contribution is 7.90. The summed E-state index contributed by atoms with van der Waals surface area (Å²) in [6.07, 6.45) is 0.188. The summed E-state index contributed by atoms with van der Waals surface area (Å²) in [6.45, 7) is 3.55. The van der Waals surface area contributed by atoms with E-state index in [9.17, 15) is 13.2 Å².